The fourth-order valence-corrected chi connectivity index (χ4v) is 1.17. The van der Waals surface area contributed by atoms with E-state index in [1.807, 2.05) is 13.8 Å². The van der Waals surface area contributed by atoms with Crippen molar-refractivity contribution in [2.45, 2.75) is 45.6 Å². The lowest BCUT2D eigenvalue weighted by molar-refractivity contribution is 0.0268. The molecule has 0 radical (unpaired) electrons. The first kappa shape index (κ1) is 15.2. The Bertz CT molecular complexity index is 202. The summed E-state index contributed by atoms with van der Waals surface area (Å²) < 4.78 is 5.33. The van der Waals surface area contributed by atoms with Gasteiger partial charge in [-0.3, -0.25) is 4.99 Å². The fourth-order valence-electron chi connectivity index (χ4n) is 1.17. The van der Waals surface area contributed by atoms with Gasteiger partial charge in [0.15, 0.2) is 5.96 Å². The van der Waals surface area contributed by atoms with E-state index in [9.17, 15) is 0 Å². The summed E-state index contributed by atoms with van der Waals surface area (Å²) in [5.74, 6) is 0.848. The van der Waals surface area contributed by atoms with Crippen LogP contribution in [0.2, 0.25) is 0 Å². The molecule has 0 saturated heterocycles. The van der Waals surface area contributed by atoms with Gasteiger partial charge in [0.25, 0.3) is 0 Å². The largest absolute Gasteiger partial charge is 0.377 e. The minimum absolute atomic E-state index is 0.166. The molecule has 0 spiro atoms. The summed E-state index contributed by atoms with van der Waals surface area (Å²) in [4.78, 5) is 4.16. The number of unbranched alkanes of at least 4 members (excludes halogenated alkanes) is 2. The SMILES string of the molecule is CCCCCNC(=NC)NCC(C)(C)OC. The van der Waals surface area contributed by atoms with Crippen LogP contribution in [-0.4, -0.2) is 38.8 Å². The van der Waals surface area contributed by atoms with Crippen molar-refractivity contribution in [2.75, 3.05) is 27.2 Å². The van der Waals surface area contributed by atoms with Crippen molar-refractivity contribution in [3.8, 4) is 0 Å². The quantitative estimate of drug-likeness (QED) is 0.397. The normalized spacial score (nSPS) is 12.7. The van der Waals surface area contributed by atoms with Gasteiger partial charge in [-0.15, -0.1) is 0 Å². The average molecular weight is 229 g/mol. The molecule has 0 aliphatic heterocycles. The molecule has 0 bridgehead atoms. The van der Waals surface area contributed by atoms with Gasteiger partial charge >= 0.3 is 0 Å². The molecule has 0 aromatic heterocycles. The topological polar surface area (TPSA) is 45.7 Å². The summed E-state index contributed by atoms with van der Waals surface area (Å²) in [5, 5.41) is 6.54. The van der Waals surface area contributed by atoms with Crippen LogP contribution in [0.3, 0.4) is 0 Å². The Morgan fingerprint density at radius 2 is 1.94 bits per heavy atom. The van der Waals surface area contributed by atoms with E-state index in [2.05, 4.69) is 22.5 Å². The predicted molar refractivity (Wildman–Crippen MR) is 70.0 cm³/mol. The average Bonchev–Trinajstić information content (AvgIpc) is 2.28. The van der Waals surface area contributed by atoms with Crippen LogP contribution in [0, 0.1) is 0 Å². The zero-order chi connectivity index (χ0) is 12.4. The van der Waals surface area contributed by atoms with Crippen LogP contribution in [0.15, 0.2) is 4.99 Å². The third kappa shape index (κ3) is 7.51. The van der Waals surface area contributed by atoms with Gasteiger partial charge in [-0.25, -0.2) is 0 Å². The summed E-state index contributed by atoms with van der Waals surface area (Å²) >= 11 is 0. The molecular weight excluding hydrogens is 202 g/mol. The van der Waals surface area contributed by atoms with Crippen molar-refractivity contribution < 1.29 is 4.74 Å². The molecule has 96 valence electrons. The highest BCUT2D eigenvalue weighted by atomic mass is 16.5. The van der Waals surface area contributed by atoms with E-state index in [0.29, 0.717) is 0 Å². The van der Waals surface area contributed by atoms with E-state index in [4.69, 9.17) is 4.74 Å². The highest BCUT2D eigenvalue weighted by Gasteiger charge is 2.16. The monoisotopic (exact) mass is 229 g/mol. The fraction of sp³-hybridized carbons (Fsp3) is 0.917. The predicted octanol–water partition coefficient (Wildman–Crippen LogP) is 1.77. The Hall–Kier alpha value is -0.770. The van der Waals surface area contributed by atoms with Gasteiger partial charge in [-0.2, -0.15) is 0 Å². The number of nitrogens with zero attached hydrogens (tertiary/aromatic N) is 1. The molecule has 0 saturated carbocycles. The van der Waals surface area contributed by atoms with E-state index >= 15 is 0 Å². The molecule has 0 aliphatic carbocycles. The van der Waals surface area contributed by atoms with Crippen LogP contribution >= 0.6 is 0 Å². The molecule has 4 heteroatoms. The van der Waals surface area contributed by atoms with Gasteiger partial charge in [0.2, 0.25) is 0 Å². The minimum Gasteiger partial charge on any atom is -0.377 e. The van der Waals surface area contributed by atoms with E-state index in [1.165, 1.54) is 19.3 Å². The highest BCUT2D eigenvalue weighted by molar-refractivity contribution is 5.79. The van der Waals surface area contributed by atoms with Crippen molar-refractivity contribution in [1.29, 1.82) is 0 Å². The van der Waals surface area contributed by atoms with Crippen LogP contribution in [0.25, 0.3) is 0 Å². The molecule has 0 aromatic rings. The van der Waals surface area contributed by atoms with Crippen LogP contribution in [0.5, 0.6) is 0 Å². The lowest BCUT2D eigenvalue weighted by Gasteiger charge is -2.24. The highest BCUT2D eigenvalue weighted by Crippen LogP contribution is 2.04. The maximum absolute atomic E-state index is 5.33. The Kier molecular flexibility index (Phi) is 7.99. The molecule has 4 nitrogen and oxygen atoms in total. The number of rotatable bonds is 7. The summed E-state index contributed by atoms with van der Waals surface area (Å²) in [6.45, 7) is 8.01. The zero-order valence-corrected chi connectivity index (χ0v) is 11.4. The van der Waals surface area contributed by atoms with E-state index in [1.54, 1.807) is 14.2 Å². The van der Waals surface area contributed by atoms with Crippen LogP contribution in [-0.2, 0) is 4.74 Å². The molecule has 0 rings (SSSR count). The Balaban J connectivity index is 3.77. The molecule has 16 heavy (non-hydrogen) atoms. The molecule has 0 fully saturated rings. The van der Waals surface area contributed by atoms with Gasteiger partial charge < -0.3 is 15.4 Å². The molecule has 0 heterocycles. The number of guanidine groups is 1. The molecule has 0 aromatic carbocycles. The van der Waals surface area contributed by atoms with Crippen LogP contribution in [0.4, 0.5) is 0 Å². The molecule has 0 amide bonds. The number of hydrogen-bond donors (Lipinski definition) is 2. The second-order valence-electron chi connectivity index (χ2n) is 4.52. The number of nitrogens with one attached hydrogen (secondary N) is 2. The first-order valence-electron chi connectivity index (χ1n) is 6.05. The Labute approximate surface area is 99.9 Å². The summed E-state index contributed by atoms with van der Waals surface area (Å²) in [7, 11) is 3.51. The summed E-state index contributed by atoms with van der Waals surface area (Å²) in [6.07, 6.45) is 3.68. The van der Waals surface area contributed by atoms with Gasteiger partial charge in [0.05, 0.1) is 5.60 Å². The van der Waals surface area contributed by atoms with Gasteiger partial charge in [0.1, 0.15) is 0 Å². The van der Waals surface area contributed by atoms with E-state index in [-0.39, 0.29) is 5.60 Å². The van der Waals surface area contributed by atoms with Crippen molar-refractivity contribution in [3.05, 3.63) is 0 Å². The number of hydrogen-bond acceptors (Lipinski definition) is 2. The minimum atomic E-state index is -0.166. The molecule has 2 N–H and O–H groups in total. The first-order chi connectivity index (χ1) is 7.55. The van der Waals surface area contributed by atoms with Crippen molar-refractivity contribution in [2.24, 2.45) is 4.99 Å². The maximum Gasteiger partial charge on any atom is 0.191 e. The van der Waals surface area contributed by atoms with E-state index < -0.39 is 0 Å². The molecule has 0 atom stereocenters. The summed E-state index contributed by atoms with van der Waals surface area (Å²) in [6, 6.07) is 0. The van der Waals surface area contributed by atoms with Gasteiger partial charge in [0, 0.05) is 27.2 Å². The number of aliphatic imine (C=N–C) groups is 1. The third-order valence-corrected chi connectivity index (χ3v) is 2.53. The van der Waals surface area contributed by atoms with E-state index in [0.717, 1.165) is 19.0 Å². The summed E-state index contributed by atoms with van der Waals surface area (Å²) in [5.41, 5.74) is -0.166. The first-order valence-corrected chi connectivity index (χ1v) is 6.05. The standard InChI is InChI=1S/C12H27N3O/c1-6-7-8-9-14-11(13-4)15-10-12(2,3)16-5/h6-10H2,1-5H3,(H2,13,14,15). The second-order valence-corrected chi connectivity index (χ2v) is 4.52. The van der Waals surface area contributed by atoms with Gasteiger partial charge in [-0.05, 0) is 20.3 Å². The Morgan fingerprint density at radius 1 is 1.25 bits per heavy atom. The van der Waals surface area contributed by atoms with Crippen LogP contribution in [0.1, 0.15) is 40.0 Å². The lowest BCUT2D eigenvalue weighted by atomic mass is 10.1. The van der Waals surface area contributed by atoms with Crippen molar-refractivity contribution in [1.82, 2.24) is 10.6 Å². The maximum atomic E-state index is 5.33. The van der Waals surface area contributed by atoms with Gasteiger partial charge in [-0.1, -0.05) is 19.8 Å². The molecule has 0 aliphatic rings. The smallest absolute Gasteiger partial charge is 0.191 e. The van der Waals surface area contributed by atoms with Crippen molar-refractivity contribution in [3.63, 3.8) is 0 Å². The third-order valence-electron chi connectivity index (χ3n) is 2.53. The second kappa shape index (κ2) is 8.39. The lowest BCUT2D eigenvalue weighted by Crippen LogP contribution is -2.45. The molecule has 0 unspecified atom stereocenters. The number of methoxy groups -OCH3 is 1. The van der Waals surface area contributed by atoms with Crippen LogP contribution < -0.4 is 10.6 Å². The molecular formula is C12H27N3O. The Morgan fingerprint density at radius 3 is 2.44 bits per heavy atom. The number of ether oxygens (including phenoxy) is 1. The van der Waals surface area contributed by atoms with Crippen molar-refractivity contribution >= 4 is 5.96 Å². The zero-order valence-electron chi connectivity index (χ0n) is 11.4.